The zero-order chi connectivity index (χ0) is 8.15. The third-order valence-electron chi connectivity index (χ3n) is 0.951. The summed E-state index contributed by atoms with van der Waals surface area (Å²) in [6.07, 6.45) is -0.315. The molecule has 0 aliphatic heterocycles. The maximum Gasteiger partial charge on any atom is 0.255 e. The van der Waals surface area contributed by atoms with Crippen molar-refractivity contribution in [1.29, 1.82) is 0 Å². The van der Waals surface area contributed by atoms with Gasteiger partial charge in [-0.1, -0.05) is 0 Å². The molecule has 0 unspecified atom stereocenters. The highest BCUT2D eigenvalue weighted by Crippen LogP contribution is 1.88. The first-order valence-electron chi connectivity index (χ1n) is 2.67. The van der Waals surface area contributed by atoms with E-state index in [1.165, 1.54) is 14.2 Å². The number of amides is 2. The maximum absolute atomic E-state index is 10.7. The van der Waals surface area contributed by atoms with Gasteiger partial charge in [-0.3, -0.25) is 14.4 Å². The van der Waals surface area contributed by atoms with E-state index in [4.69, 9.17) is 5.73 Å². The SMILES string of the molecule is CON(C)C(=O)CC(N)=O. The molecule has 0 saturated heterocycles. The molecule has 0 radical (unpaired) electrons. The molecule has 58 valence electrons. The Morgan fingerprint density at radius 2 is 2.10 bits per heavy atom. The molecule has 0 aliphatic carbocycles. The zero-order valence-electron chi connectivity index (χ0n) is 5.96. The summed E-state index contributed by atoms with van der Waals surface area (Å²) in [5, 5.41) is 0.949. The van der Waals surface area contributed by atoms with E-state index in [2.05, 4.69) is 4.84 Å². The molecule has 2 N–H and O–H groups in total. The van der Waals surface area contributed by atoms with Crippen LogP contribution in [0.2, 0.25) is 0 Å². The molecule has 0 spiro atoms. The molecule has 0 saturated carbocycles. The van der Waals surface area contributed by atoms with E-state index in [1.807, 2.05) is 0 Å². The van der Waals surface area contributed by atoms with Crippen molar-refractivity contribution in [3.8, 4) is 0 Å². The molecule has 5 heteroatoms. The molecule has 2 amide bonds. The van der Waals surface area contributed by atoms with Gasteiger partial charge in [0.05, 0.1) is 7.11 Å². The molecule has 0 aromatic heterocycles. The van der Waals surface area contributed by atoms with Crippen LogP contribution in [0.3, 0.4) is 0 Å². The molecular weight excluding hydrogens is 136 g/mol. The van der Waals surface area contributed by atoms with Crippen molar-refractivity contribution in [3.63, 3.8) is 0 Å². The Hall–Kier alpha value is -1.10. The summed E-state index contributed by atoms with van der Waals surface area (Å²) >= 11 is 0. The largest absolute Gasteiger partial charge is 0.369 e. The number of hydroxylamine groups is 2. The summed E-state index contributed by atoms with van der Waals surface area (Å²) in [5.74, 6) is -1.11. The molecular formula is C5H10N2O3. The van der Waals surface area contributed by atoms with Crippen LogP contribution in [0.5, 0.6) is 0 Å². The lowest BCUT2D eigenvalue weighted by Gasteiger charge is -2.11. The maximum atomic E-state index is 10.7. The van der Waals surface area contributed by atoms with Crippen LogP contribution in [0.4, 0.5) is 0 Å². The Kier molecular flexibility index (Phi) is 3.42. The van der Waals surface area contributed by atoms with Crippen molar-refractivity contribution in [1.82, 2.24) is 5.06 Å². The van der Waals surface area contributed by atoms with Crippen LogP contribution < -0.4 is 5.73 Å². The van der Waals surface area contributed by atoms with Crippen LogP contribution >= 0.6 is 0 Å². The van der Waals surface area contributed by atoms with Crippen LogP contribution in [-0.2, 0) is 14.4 Å². The van der Waals surface area contributed by atoms with Gasteiger partial charge in [-0.05, 0) is 0 Å². The van der Waals surface area contributed by atoms with Crippen LogP contribution in [0.15, 0.2) is 0 Å². The fraction of sp³-hybridized carbons (Fsp3) is 0.600. The summed E-state index contributed by atoms with van der Waals surface area (Å²) in [6, 6.07) is 0. The molecule has 0 heterocycles. The molecule has 0 bridgehead atoms. The molecule has 0 aromatic carbocycles. The predicted octanol–water partition coefficient (Wildman–Crippen LogP) is -1.12. The summed E-state index contributed by atoms with van der Waals surface area (Å²) in [5.41, 5.74) is 4.74. The normalized spacial score (nSPS) is 9.00. The average molecular weight is 146 g/mol. The fourth-order valence-corrected chi connectivity index (χ4v) is 0.362. The van der Waals surface area contributed by atoms with E-state index in [-0.39, 0.29) is 6.42 Å². The highest BCUT2D eigenvalue weighted by atomic mass is 16.7. The Morgan fingerprint density at radius 1 is 1.60 bits per heavy atom. The quantitative estimate of drug-likeness (QED) is 0.405. The van der Waals surface area contributed by atoms with E-state index in [0.717, 1.165) is 5.06 Å². The molecule has 0 atom stereocenters. The summed E-state index contributed by atoms with van der Waals surface area (Å²) in [7, 11) is 2.74. The molecule has 0 fully saturated rings. The lowest BCUT2D eigenvalue weighted by atomic mass is 10.4. The number of primary amides is 1. The van der Waals surface area contributed by atoms with Gasteiger partial charge < -0.3 is 5.73 Å². The zero-order valence-corrected chi connectivity index (χ0v) is 5.96. The summed E-state index contributed by atoms with van der Waals surface area (Å²) in [6.45, 7) is 0. The predicted molar refractivity (Wildman–Crippen MR) is 33.6 cm³/mol. The standard InChI is InChI=1S/C5H10N2O3/c1-7(10-2)5(9)3-4(6)8/h3H2,1-2H3,(H2,6,8). The lowest BCUT2D eigenvalue weighted by molar-refractivity contribution is -0.169. The number of carbonyl (C=O) groups excluding carboxylic acids is 2. The Bertz CT molecular complexity index is 146. The Morgan fingerprint density at radius 3 is 2.40 bits per heavy atom. The van der Waals surface area contributed by atoms with Crippen LogP contribution in [0.1, 0.15) is 6.42 Å². The van der Waals surface area contributed by atoms with Crippen LogP contribution in [0, 0.1) is 0 Å². The van der Waals surface area contributed by atoms with Gasteiger partial charge in [-0.2, -0.15) is 0 Å². The van der Waals surface area contributed by atoms with E-state index in [9.17, 15) is 9.59 Å². The number of nitrogens with two attached hydrogens (primary N) is 1. The van der Waals surface area contributed by atoms with Gasteiger partial charge in [0.25, 0.3) is 5.91 Å². The second kappa shape index (κ2) is 3.84. The second-order valence-corrected chi connectivity index (χ2v) is 1.72. The van der Waals surface area contributed by atoms with Gasteiger partial charge in [-0.25, -0.2) is 5.06 Å². The smallest absolute Gasteiger partial charge is 0.255 e. The minimum atomic E-state index is -0.658. The highest BCUT2D eigenvalue weighted by molar-refractivity contribution is 5.95. The van der Waals surface area contributed by atoms with Crippen molar-refractivity contribution in [3.05, 3.63) is 0 Å². The first-order chi connectivity index (χ1) is 4.57. The Labute approximate surface area is 58.7 Å². The van der Waals surface area contributed by atoms with Gasteiger partial charge in [0.15, 0.2) is 0 Å². The number of hydrogen-bond acceptors (Lipinski definition) is 3. The van der Waals surface area contributed by atoms with E-state index in [1.54, 1.807) is 0 Å². The van der Waals surface area contributed by atoms with Gasteiger partial charge >= 0.3 is 0 Å². The van der Waals surface area contributed by atoms with Gasteiger partial charge in [0.1, 0.15) is 6.42 Å². The van der Waals surface area contributed by atoms with Gasteiger partial charge in [0, 0.05) is 7.05 Å². The van der Waals surface area contributed by atoms with Crippen LogP contribution in [-0.4, -0.2) is 31.0 Å². The summed E-state index contributed by atoms with van der Waals surface area (Å²) < 4.78 is 0. The first kappa shape index (κ1) is 8.90. The summed E-state index contributed by atoms with van der Waals surface area (Å²) in [4.78, 5) is 25.3. The molecule has 10 heavy (non-hydrogen) atoms. The van der Waals surface area contributed by atoms with Crippen molar-refractivity contribution in [2.45, 2.75) is 6.42 Å². The molecule has 0 aromatic rings. The van der Waals surface area contributed by atoms with E-state index >= 15 is 0 Å². The van der Waals surface area contributed by atoms with Crippen LogP contribution in [0.25, 0.3) is 0 Å². The van der Waals surface area contributed by atoms with E-state index < -0.39 is 11.8 Å². The van der Waals surface area contributed by atoms with Crippen molar-refractivity contribution < 1.29 is 14.4 Å². The lowest BCUT2D eigenvalue weighted by Crippen LogP contribution is -2.29. The second-order valence-electron chi connectivity index (χ2n) is 1.72. The third kappa shape index (κ3) is 3.03. The van der Waals surface area contributed by atoms with E-state index in [0.29, 0.717) is 0 Å². The molecule has 0 rings (SSSR count). The minimum absolute atomic E-state index is 0.315. The van der Waals surface area contributed by atoms with Crippen molar-refractivity contribution in [2.75, 3.05) is 14.2 Å². The monoisotopic (exact) mass is 146 g/mol. The number of nitrogens with zero attached hydrogens (tertiary/aromatic N) is 1. The van der Waals surface area contributed by atoms with Crippen molar-refractivity contribution >= 4 is 11.8 Å². The van der Waals surface area contributed by atoms with Gasteiger partial charge in [0.2, 0.25) is 5.91 Å². The first-order valence-corrected chi connectivity index (χ1v) is 2.67. The molecule has 0 aliphatic rings. The molecule has 5 nitrogen and oxygen atoms in total. The van der Waals surface area contributed by atoms with Crippen molar-refractivity contribution in [2.24, 2.45) is 5.73 Å². The fourth-order valence-electron chi connectivity index (χ4n) is 0.362. The topological polar surface area (TPSA) is 72.6 Å². The Balaban J connectivity index is 3.73. The number of carbonyl (C=O) groups is 2. The minimum Gasteiger partial charge on any atom is -0.369 e. The number of hydrogen-bond donors (Lipinski definition) is 1. The van der Waals surface area contributed by atoms with Gasteiger partial charge in [-0.15, -0.1) is 0 Å². The number of rotatable bonds is 3. The third-order valence-corrected chi connectivity index (χ3v) is 0.951. The highest BCUT2D eigenvalue weighted by Gasteiger charge is 2.09. The average Bonchev–Trinajstić information content (AvgIpc) is 1.85.